The Labute approximate surface area is 139 Å². The van der Waals surface area contributed by atoms with Gasteiger partial charge in [-0.05, 0) is 18.2 Å². The van der Waals surface area contributed by atoms with Crippen LogP contribution >= 0.6 is 0 Å². The number of nitrogens with one attached hydrogen (secondary N) is 1. The maximum Gasteiger partial charge on any atom is 0.226 e. The van der Waals surface area contributed by atoms with Gasteiger partial charge in [-0.25, -0.2) is 9.67 Å². The van der Waals surface area contributed by atoms with Crippen molar-refractivity contribution in [3.05, 3.63) is 66.0 Å². The first-order valence-electron chi connectivity index (χ1n) is 7.70. The van der Waals surface area contributed by atoms with Gasteiger partial charge < -0.3 is 10.1 Å². The minimum absolute atomic E-state index is 0.0465. The highest BCUT2D eigenvalue weighted by Crippen LogP contribution is 2.37. The van der Waals surface area contributed by atoms with Crippen LogP contribution in [0.1, 0.15) is 23.6 Å². The van der Waals surface area contributed by atoms with Gasteiger partial charge in [0.25, 0.3) is 0 Å². The number of anilines is 1. The monoisotopic (exact) mass is 320 g/mol. The number of pyridine rings is 1. The molecule has 1 aliphatic rings. The molecular weight excluding hydrogens is 304 g/mol. The van der Waals surface area contributed by atoms with Crippen molar-refractivity contribution in [3.8, 4) is 11.6 Å². The minimum atomic E-state index is -0.138. The smallest absolute Gasteiger partial charge is 0.226 e. The van der Waals surface area contributed by atoms with E-state index in [1.807, 2.05) is 42.5 Å². The van der Waals surface area contributed by atoms with Gasteiger partial charge in [0.2, 0.25) is 11.8 Å². The Kier molecular flexibility index (Phi) is 3.49. The van der Waals surface area contributed by atoms with E-state index in [9.17, 15) is 4.79 Å². The summed E-state index contributed by atoms with van der Waals surface area (Å²) in [7, 11) is 1.58. The summed E-state index contributed by atoms with van der Waals surface area (Å²) in [6.45, 7) is 0. The van der Waals surface area contributed by atoms with E-state index in [1.165, 1.54) is 0 Å². The Balaban J connectivity index is 1.81. The van der Waals surface area contributed by atoms with Gasteiger partial charge in [0.1, 0.15) is 5.82 Å². The highest BCUT2D eigenvalue weighted by Gasteiger charge is 2.31. The first-order valence-corrected chi connectivity index (χ1v) is 7.70. The van der Waals surface area contributed by atoms with Crippen LogP contribution in [0, 0.1) is 0 Å². The molecule has 6 nitrogen and oxygen atoms in total. The first-order chi connectivity index (χ1) is 11.8. The Bertz CT molecular complexity index is 889. The van der Waals surface area contributed by atoms with Gasteiger partial charge in [0.05, 0.1) is 24.7 Å². The van der Waals surface area contributed by atoms with E-state index < -0.39 is 0 Å². The number of rotatable bonds is 3. The van der Waals surface area contributed by atoms with Crippen molar-refractivity contribution in [2.75, 3.05) is 12.4 Å². The van der Waals surface area contributed by atoms with Crippen LogP contribution in [0.3, 0.4) is 0 Å². The molecule has 0 spiro atoms. The van der Waals surface area contributed by atoms with Gasteiger partial charge in [-0.15, -0.1) is 0 Å². The molecule has 2 aromatic heterocycles. The van der Waals surface area contributed by atoms with E-state index in [2.05, 4.69) is 15.4 Å². The van der Waals surface area contributed by atoms with E-state index >= 15 is 0 Å². The van der Waals surface area contributed by atoms with Gasteiger partial charge in [0, 0.05) is 24.0 Å². The Morgan fingerprint density at radius 3 is 2.79 bits per heavy atom. The van der Waals surface area contributed by atoms with Crippen molar-refractivity contribution in [2.45, 2.75) is 12.3 Å². The number of fused-ring (bicyclic) bond motifs is 1. The summed E-state index contributed by atoms with van der Waals surface area (Å²) in [6, 6.07) is 15.3. The normalized spacial score (nSPS) is 16.4. The molecule has 1 unspecified atom stereocenters. The Hall–Kier alpha value is -3.15. The molecular formula is C18H16N4O2. The predicted molar refractivity (Wildman–Crippen MR) is 89.4 cm³/mol. The van der Waals surface area contributed by atoms with Crippen molar-refractivity contribution in [2.24, 2.45) is 0 Å². The lowest BCUT2D eigenvalue weighted by atomic mass is 9.91. The molecule has 1 aromatic carbocycles. The molecule has 24 heavy (non-hydrogen) atoms. The zero-order valence-electron chi connectivity index (χ0n) is 13.1. The third-order valence-electron chi connectivity index (χ3n) is 4.13. The quantitative estimate of drug-likeness (QED) is 0.805. The number of methoxy groups -OCH3 is 1. The summed E-state index contributed by atoms with van der Waals surface area (Å²) in [5.41, 5.74) is 2.66. The fraction of sp³-hybridized carbons (Fsp3) is 0.167. The van der Waals surface area contributed by atoms with Crippen LogP contribution in [-0.2, 0) is 4.79 Å². The molecule has 0 fully saturated rings. The molecule has 3 aromatic rings. The van der Waals surface area contributed by atoms with Crippen LogP contribution in [0.25, 0.3) is 5.69 Å². The van der Waals surface area contributed by atoms with Gasteiger partial charge in [-0.1, -0.05) is 24.3 Å². The largest absolute Gasteiger partial charge is 0.481 e. The summed E-state index contributed by atoms with van der Waals surface area (Å²) >= 11 is 0. The molecule has 0 bridgehead atoms. The third-order valence-corrected chi connectivity index (χ3v) is 4.13. The molecule has 1 amide bonds. The second-order valence-corrected chi connectivity index (χ2v) is 5.61. The van der Waals surface area contributed by atoms with E-state index in [4.69, 9.17) is 4.74 Å². The molecule has 0 radical (unpaired) electrons. The number of carbonyl (C=O) groups is 1. The van der Waals surface area contributed by atoms with Crippen LogP contribution < -0.4 is 10.1 Å². The number of hydrogen-bond acceptors (Lipinski definition) is 4. The lowest BCUT2D eigenvalue weighted by molar-refractivity contribution is -0.116. The summed E-state index contributed by atoms with van der Waals surface area (Å²) in [6.07, 6.45) is 2.14. The third kappa shape index (κ3) is 2.42. The number of amides is 1. The molecule has 1 N–H and O–H groups in total. The fourth-order valence-corrected chi connectivity index (χ4v) is 2.99. The summed E-state index contributed by atoms with van der Waals surface area (Å²) in [4.78, 5) is 16.7. The summed E-state index contributed by atoms with van der Waals surface area (Å²) < 4.78 is 6.95. The second kappa shape index (κ2) is 5.81. The molecule has 1 aliphatic heterocycles. The van der Waals surface area contributed by atoms with Crippen LogP contribution in [0.5, 0.6) is 5.88 Å². The van der Waals surface area contributed by atoms with E-state index in [0.717, 1.165) is 16.9 Å². The predicted octanol–water partition coefficient (Wildman–Crippen LogP) is 2.75. The average molecular weight is 320 g/mol. The minimum Gasteiger partial charge on any atom is -0.481 e. The molecule has 1 atom stereocenters. The van der Waals surface area contributed by atoms with Crippen molar-refractivity contribution >= 4 is 11.7 Å². The maximum absolute atomic E-state index is 12.2. The number of carbonyl (C=O) groups excluding carboxylic acids is 1. The van der Waals surface area contributed by atoms with Crippen molar-refractivity contribution < 1.29 is 9.53 Å². The van der Waals surface area contributed by atoms with Crippen LogP contribution in [0.4, 0.5) is 5.82 Å². The standard InChI is InChI=1S/C18H16N4O2/c1-24-17-9-5-8-15(20-17)13-10-16(23)21-18-14(13)11-19-22(18)12-6-3-2-4-7-12/h2-9,11,13H,10H2,1H3,(H,21,23). The second-order valence-electron chi connectivity index (χ2n) is 5.61. The summed E-state index contributed by atoms with van der Waals surface area (Å²) in [5.74, 6) is 1.05. The van der Waals surface area contributed by atoms with Gasteiger partial charge in [-0.2, -0.15) is 5.10 Å². The number of ether oxygens (including phenoxy) is 1. The average Bonchev–Trinajstić information content (AvgIpc) is 3.05. The van der Waals surface area contributed by atoms with Crippen molar-refractivity contribution in [1.82, 2.24) is 14.8 Å². The van der Waals surface area contributed by atoms with E-state index in [1.54, 1.807) is 24.1 Å². The first kappa shape index (κ1) is 14.4. The molecule has 0 aliphatic carbocycles. The number of benzene rings is 1. The topological polar surface area (TPSA) is 69.0 Å². The number of aromatic nitrogens is 3. The number of nitrogens with zero attached hydrogens (tertiary/aromatic N) is 3. The van der Waals surface area contributed by atoms with Crippen molar-refractivity contribution in [1.29, 1.82) is 0 Å². The highest BCUT2D eigenvalue weighted by molar-refractivity contribution is 5.94. The highest BCUT2D eigenvalue weighted by atomic mass is 16.5. The van der Waals surface area contributed by atoms with Gasteiger partial charge >= 0.3 is 0 Å². The maximum atomic E-state index is 12.2. The number of para-hydroxylation sites is 1. The van der Waals surface area contributed by atoms with Gasteiger partial charge in [-0.3, -0.25) is 4.79 Å². The SMILES string of the molecule is COc1cccc(C2CC(=O)Nc3c2cnn3-c2ccccc2)n1. The molecule has 0 saturated heterocycles. The van der Waals surface area contributed by atoms with Crippen LogP contribution in [-0.4, -0.2) is 27.8 Å². The van der Waals surface area contributed by atoms with Crippen LogP contribution in [0.15, 0.2) is 54.7 Å². The zero-order valence-corrected chi connectivity index (χ0v) is 13.1. The van der Waals surface area contributed by atoms with E-state index in [-0.39, 0.29) is 11.8 Å². The Morgan fingerprint density at radius 1 is 1.17 bits per heavy atom. The Morgan fingerprint density at radius 2 is 2.00 bits per heavy atom. The lowest BCUT2D eigenvalue weighted by Gasteiger charge is -2.23. The number of hydrogen-bond donors (Lipinski definition) is 1. The summed E-state index contributed by atoms with van der Waals surface area (Å²) in [5, 5.41) is 7.40. The molecule has 120 valence electrons. The van der Waals surface area contributed by atoms with Gasteiger partial charge in [0.15, 0.2) is 0 Å². The molecule has 6 heteroatoms. The molecule has 0 saturated carbocycles. The van der Waals surface area contributed by atoms with Crippen molar-refractivity contribution in [3.63, 3.8) is 0 Å². The van der Waals surface area contributed by atoms with E-state index in [0.29, 0.717) is 18.1 Å². The van der Waals surface area contributed by atoms with Crippen LogP contribution in [0.2, 0.25) is 0 Å². The molecule has 4 rings (SSSR count). The fourth-order valence-electron chi connectivity index (χ4n) is 2.99. The zero-order chi connectivity index (χ0) is 16.5. The molecule has 3 heterocycles. The lowest BCUT2D eigenvalue weighted by Crippen LogP contribution is -2.25.